The van der Waals surface area contributed by atoms with Gasteiger partial charge in [-0.2, -0.15) is 0 Å². The van der Waals surface area contributed by atoms with Gasteiger partial charge in [0.25, 0.3) is 0 Å². The molecule has 0 radical (unpaired) electrons. The van der Waals surface area contributed by atoms with Crippen molar-refractivity contribution in [2.75, 3.05) is 0 Å². The zero-order chi connectivity index (χ0) is 6.28. The van der Waals surface area contributed by atoms with Crippen LogP contribution in [0.4, 0.5) is 0 Å². The minimum absolute atomic E-state index is 0.808. The van der Waals surface area contributed by atoms with Crippen LogP contribution in [0.15, 0.2) is 0 Å². The van der Waals surface area contributed by atoms with Gasteiger partial charge in [-0.15, -0.1) is 0 Å². The van der Waals surface area contributed by atoms with Crippen molar-refractivity contribution in [1.29, 1.82) is 0 Å². The Morgan fingerprint density at radius 1 is 1.22 bits per heavy atom. The molecule has 4 atom stereocenters. The summed E-state index contributed by atoms with van der Waals surface area (Å²) in [5.74, 6) is 2.35. The van der Waals surface area contributed by atoms with Gasteiger partial charge in [-0.3, -0.25) is 0 Å². The molecule has 3 aliphatic rings. The zero-order valence-corrected chi connectivity index (χ0v) is 6.28. The van der Waals surface area contributed by atoms with Crippen LogP contribution < -0.4 is 0 Å². The van der Waals surface area contributed by atoms with Crippen LogP contribution in [0.1, 0.15) is 33.1 Å². The largest absolute Gasteiger partial charge is 0.0591 e. The predicted octanol–water partition coefficient (Wildman–Crippen LogP) is 2.44. The minimum atomic E-state index is 0.808. The molecule has 0 aromatic rings. The molecule has 50 valence electrons. The molecule has 0 aromatic carbocycles. The quantitative estimate of drug-likeness (QED) is 0.463. The van der Waals surface area contributed by atoms with Gasteiger partial charge in [-0.1, -0.05) is 13.8 Å². The highest BCUT2D eigenvalue weighted by molar-refractivity contribution is 5.29. The summed E-state index contributed by atoms with van der Waals surface area (Å²) in [6.45, 7) is 5.01. The Morgan fingerprint density at radius 3 is 2.11 bits per heavy atom. The molecule has 0 amide bonds. The third kappa shape index (κ3) is 0.249. The third-order valence-corrected chi connectivity index (χ3v) is 4.90. The Balaban J connectivity index is 2.12. The number of fused-ring (bicyclic) bond motifs is 1. The molecule has 3 saturated carbocycles. The lowest BCUT2D eigenvalue weighted by atomic mass is 9.61. The maximum Gasteiger partial charge on any atom is -0.0209 e. The fourth-order valence-electron chi connectivity index (χ4n) is 3.87. The molecule has 0 bridgehead atoms. The highest BCUT2D eigenvalue weighted by atomic mass is 14.8. The second kappa shape index (κ2) is 0.889. The Labute approximate surface area is 56.6 Å². The monoisotopic (exact) mass is 122 g/mol. The molecule has 0 N–H and O–H groups in total. The van der Waals surface area contributed by atoms with Crippen LogP contribution in [-0.4, -0.2) is 0 Å². The summed E-state index contributed by atoms with van der Waals surface area (Å²) in [6, 6.07) is 0. The normalized spacial score (nSPS) is 75.3. The molecule has 0 aromatic heterocycles. The van der Waals surface area contributed by atoms with E-state index in [9.17, 15) is 0 Å². The summed E-state index contributed by atoms with van der Waals surface area (Å²) in [7, 11) is 0. The van der Waals surface area contributed by atoms with Crippen LogP contribution in [0.25, 0.3) is 0 Å². The van der Waals surface area contributed by atoms with E-state index in [0.717, 1.165) is 10.8 Å². The van der Waals surface area contributed by atoms with Gasteiger partial charge in [0.05, 0.1) is 0 Å². The molecule has 0 nitrogen and oxygen atoms in total. The van der Waals surface area contributed by atoms with Crippen LogP contribution in [0.5, 0.6) is 0 Å². The van der Waals surface area contributed by atoms with Gasteiger partial charge in [-0.25, -0.2) is 0 Å². The fraction of sp³-hybridized carbons (Fsp3) is 1.00. The smallest absolute Gasteiger partial charge is 0.0209 e. The predicted molar refractivity (Wildman–Crippen MR) is 37.0 cm³/mol. The first kappa shape index (κ1) is 4.76. The lowest BCUT2D eigenvalue weighted by molar-refractivity contribution is 0.0527. The lowest BCUT2D eigenvalue weighted by Gasteiger charge is -2.44. The van der Waals surface area contributed by atoms with E-state index in [4.69, 9.17) is 0 Å². The van der Waals surface area contributed by atoms with Crippen molar-refractivity contribution in [2.24, 2.45) is 22.7 Å². The first-order valence-electron chi connectivity index (χ1n) is 4.18. The Morgan fingerprint density at radius 2 is 2.00 bits per heavy atom. The molecule has 0 aliphatic heterocycles. The van der Waals surface area contributed by atoms with E-state index >= 15 is 0 Å². The van der Waals surface area contributed by atoms with Crippen molar-refractivity contribution in [2.45, 2.75) is 33.1 Å². The van der Waals surface area contributed by atoms with E-state index in [1.807, 2.05) is 0 Å². The van der Waals surface area contributed by atoms with E-state index < -0.39 is 0 Å². The second-order valence-corrected chi connectivity index (χ2v) is 4.80. The lowest BCUT2D eigenvalue weighted by Crippen LogP contribution is -2.36. The molecule has 2 unspecified atom stereocenters. The zero-order valence-electron chi connectivity index (χ0n) is 6.28. The summed E-state index contributed by atoms with van der Waals surface area (Å²) < 4.78 is 0. The molecule has 0 heteroatoms. The van der Waals surface area contributed by atoms with E-state index in [-0.39, 0.29) is 0 Å². The van der Waals surface area contributed by atoms with Crippen LogP contribution in [0.3, 0.4) is 0 Å². The van der Waals surface area contributed by atoms with E-state index in [1.165, 1.54) is 18.3 Å². The summed E-state index contributed by atoms with van der Waals surface area (Å²) in [5.41, 5.74) is 1.66. The molecule has 0 heterocycles. The van der Waals surface area contributed by atoms with Crippen molar-refractivity contribution < 1.29 is 0 Å². The summed E-state index contributed by atoms with van der Waals surface area (Å²) in [6.07, 6.45) is 4.65. The Kier molecular flexibility index (Phi) is 0.470. The third-order valence-electron chi connectivity index (χ3n) is 4.90. The first-order valence-corrected chi connectivity index (χ1v) is 4.18. The van der Waals surface area contributed by atoms with Crippen LogP contribution in [0, 0.1) is 22.7 Å². The number of rotatable bonds is 0. The van der Waals surface area contributed by atoms with E-state index in [0.29, 0.717) is 0 Å². The summed E-state index contributed by atoms with van der Waals surface area (Å²) >= 11 is 0. The molecule has 3 fully saturated rings. The first-order chi connectivity index (χ1) is 4.18. The second-order valence-electron chi connectivity index (χ2n) is 4.80. The van der Waals surface area contributed by atoms with Gasteiger partial charge >= 0.3 is 0 Å². The molecule has 0 saturated heterocycles. The van der Waals surface area contributed by atoms with Gasteiger partial charge < -0.3 is 0 Å². The van der Waals surface area contributed by atoms with Crippen molar-refractivity contribution in [3.63, 3.8) is 0 Å². The van der Waals surface area contributed by atoms with E-state index in [1.54, 1.807) is 12.8 Å². The topological polar surface area (TPSA) is 0 Å². The Bertz CT molecular complexity index is 178. The summed E-state index contributed by atoms with van der Waals surface area (Å²) in [4.78, 5) is 0. The fourth-order valence-corrected chi connectivity index (χ4v) is 3.87. The average Bonchev–Trinajstić information content (AvgIpc) is 2.25. The standard InChI is InChI=1S/C9H14/c1-8-4-3-6-7(5-8)9(6,8)2/h6-7H,3-5H2,1-2H3/t6-,7?,8+,9?/m1/s1. The van der Waals surface area contributed by atoms with Gasteiger partial charge in [0, 0.05) is 0 Å². The number of hydrogen-bond donors (Lipinski definition) is 0. The maximum absolute atomic E-state index is 2.51. The molecule has 9 heavy (non-hydrogen) atoms. The van der Waals surface area contributed by atoms with Crippen LogP contribution in [-0.2, 0) is 0 Å². The van der Waals surface area contributed by atoms with Crippen molar-refractivity contribution in [3.8, 4) is 0 Å². The Hall–Kier alpha value is 0. The summed E-state index contributed by atoms with van der Waals surface area (Å²) in [5, 5.41) is 0. The van der Waals surface area contributed by atoms with E-state index in [2.05, 4.69) is 13.8 Å². The molecule has 0 spiro atoms. The molecule has 3 rings (SSSR count). The van der Waals surface area contributed by atoms with Crippen molar-refractivity contribution >= 4 is 0 Å². The average molecular weight is 122 g/mol. The number of hydrogen-bond acceptors (Lipinski definition) is 0. The molecular weight excluding hydrogens is 108 g/mol. The highest BCUT2D eigenvalue weighted by Gasteiger charge is 2.80. The maximum atomic E-state index is 2.51. The molecular formula is C9H14. The van der Waals surface area contributed by atoms with Gasteiger partial charge in [0.2, 0.25) is 0 Å². The van der Waals surface area contributed by atoms with Crippen LogP contribution in [0.2, 0.25) is 0 Å². The van der Waals surface area contributed by atoms with Crippen LogP contribution >= 0.6 is 0 Å². The SMILES string of the molecule is CC12C3C[C@]1(C)CC[C@H]32. The van der Waals surface area contributed by atoms with Gasteiger partial charge in [0.1, 0.15) is 0 Å². The van der Waals surface area contributed by atoms with Crippen molar-refractivity contribution in [1.82, 2.24) is 0 Å². The highest BCUT2D eigenvalue weighted by Crippen LogP contribution is 2.87. The van der Waals surface area contributed by atoms with Crippen molar-refractivity contribution in [3.05, 3.63) is 0 Å². The minimum Gasteiger partial charge on any atom is -0.0591 e. The molecule has 3 aliphatic carbocycles. The van der Waals surface area contributed by atoms with Gasteiger partial charge in [-0.05, 0) is 41.9 Å². The van der Waals surface area contributed by atoms with Gasteiger partial charge in [0.15, 0.2) is 0 Å².